The van der Waals surface area contributed by atoms with Crippen LogP contribution in [0.5, 0.6) is 0 Å². The van der Waals surface area contributed by atoms with Gasteiger partial charge >= 0.3 is 21.1 Å². The summed E-state index contributed by atoms with van der Waals surface area (Å²) in [7, 11) is -4.05. The number of pyridine rings is 2. The molecule has 3 aromatic carbocycles. The van der Waals surface area contributed by atoms with Crippen LogP contribution in [0.4, 0.5) is 0 Å². The van der Waals surface area contributed by atoms with Gasteiger partial charge in [-0.2, -0.15) is 12.1 Å². The predicted octanol–water partition coefficient (Wildman–Crippen LogP) is 4.82. The van der Waals surface area contributed by atoms with E-state index in [1.54, 1.807) is 0 Å². The van der Waals surface area contributed by atoms with E-state index in [4.69, 9.17) is 9.97 Å². The fourth-order valence-electron chi connectivity index (χ4n) is 5.18. The number of para-hydroxylation sites is 1. The first-order chi connectivity index (χ1) is 17.9. The molecule has 3 heterocycles. The van der Waals surface area contributed by atoms with E-state index in [-0.39, 0.29) is 21.1 Å². The van der Waals surface area contributed by atoms with E-state index in [9.17, 15) is 0 Å². The first kappa shape index (κ1) is 26.5. The standard InChI is InChI=1S/C32H29N3Si2.Pt/c1-36(2,31-14-8-10-20-33-31)25-16-18-29-27(22-25)28-23-26(37(3,4)32-15-9-11-21-34-32)17-19-30(28)35(29)24-12-6-5-7-13-24;/h5-21H,1-4H3;/q-2;+2. The van der Waals surface area contributed by atoms with Gasteiger partial charge in [-0.25, -0.2) is 10.8 Å². The van der Waals surface area contributed by atoms with Crippen molar-refractivity contribution in [3.8, 4) is 5.69 Å². The van der Waals surface area contributed by atoms with Crippen molar-refractivity contribution in [3.63, 3.8) is 0 Å². The molecule has 0 radical (unpaired) electrons. The van der Waals surface area contributed by atoms with Gasteiger partial charge in [0.25, 0.3) is 0 Å². The van der Waals surface area contributed by atoms with Crippen LogP contribution < -0.4 is 21.0 Å². The van der Waals surface area contributed by atoms with Crippen LogP contribution in [0.3, 0.4) is 0 Å². The van der Waals surface area contributed by atoms with E-state index < -0.39 is 16.1 Å². The van der Waals surface area contributed by atoms with E-state index >= 15 is 0 Å². The van der Waals surface area contributed by atoms with Crippen LogP contribution in [0.25, 0.3) is 27.5 Å². The maximum absolute atomic E-state index is 4.73. The third-order valence-electron chi connectivity index (χ3n) is 7.55. The average molecular weight is 707 g/mol. The molecule has 3 aromatic heterocycles. The number of rotatable bonds is 5. The molecule has 0 fully saturated rings. The Morgan fingerprint density at radius 1 is 0.553 bits per heavy atom. The number of aromatic nitrogens is 3. The normalized spacial score (nSPS) is 12.0. The van der Waals surface area contributed by atoms with Crippen LogP contribution >= 0.6 is 0 Å². The van der Waals surface area contributed by atoms with Crippen molar-refractivity contribution in [2.45, 2.75) is 26.2 Å². The van der Waals surface area contributed by atoms with Crippen LogP contribution in [-0.4, -0.2) is 30.7 Å². The zero-order valence-corrected chi connectivity index (χ0v) is 26.2. The van der Waals surface area contributed by atoms with Crippen molar-refractivity contribution in [1.82, 2.24) is 14.5 Å². The Morgan fingerprint density at radius 3 is 1.42 bits per heavy atom. The zero-order chi connectivity index (χ0) is 25.6. The van der Waals surface area contributed by atoms with Crippen molar-refractivity contribution in [2.75, 3.05) is 0 Å². The largest absolute Gasteiger partial charge is 2.00 e. The second kappa shape index (κ2) is 10.2. The number of hydrogen-bond donors (Lipinski definition) is 0. The summed E-state index contributed by atoms with van der Waals surface area (Å²) in [5.74, 6) is 0. The molecule has 6 rings (SSSR count). The molecule has 0 atom stereocenters. The minimum Gasteiger partial charge on any atom is -0.409 e. The average Bonchev–Trinajstić information content (AvgIpc) is 3.27. The maximum Gasteiger partial charge on any atom is 2.00 e. The molecule has 0 saturated carbocycles. The Balaban J connectivity index is 0.00000294. The third-order valence-corrected chi connectivity index (χ3v) is 14.0. The van der Waals surface area contributed by atoms with Crippen molar-refractivity contribution in [1.29, 1.82) is 0 Å². The monoisotopic (exact) mass is 706 g/mol. The van der Waals surface area contributed by atoms with Gasteiger partial charge in [0.2, 0.25) is 0 Å². The Hall–Kier alpha value is -3.12. The van der Waals surface area contributed by atoms with Crippen molar-refractivity contribution in [3.05, 3.63) is 116 Å². The van der Waals surface area contributed by atoms with Crippen LogP contribution in [0.2, 0.25) is 26.2 Å². The second-order valence-corrected chi connectivity index (χ2v) is 19.2. The molecule has 6 heteroatoms. The molecular weight excluding hydrogens is 678 g/mol. The molecule has 0 aliphatic rings. The van der Waals surface area contributed by atoms with Gasteiger partial charge in [-0.15, -0.1) is 34.6 Å². The fourth-order valence-corrected chi connectivity index (χ4v) is 9.43. The van der Waals surface area contributed by atoms with E-state index in [0.717, 1.165) is 27.5 Å². The third kappa shape index (κ3) is 4.43. The van der Waals surface area contributed by atoms with E-state index in [2.05, 4.69) is 122 Å². The van der Waals surface area contributed by atoms with E-state index in [0.29, 0.717) is 0 Å². The summed E-state index contributed by atoms with van der Waals surface area (Å²) < 4.78 is 2.34. The van der Waals surface area contributed by atoms with Crippen molar-refractivity contribution < 1.29 is 21.1 Å². The quantitative estimate of drug-likeness (QED) is 0.190. The van der Waals surface area contributed by atoms with Crippen LogP contribution in [0.1, 0.15) is 0 Å². The smallest absolute Gasteiger partial charge is 0.409 e. The van der Waals surface area contributed by atoms with Crippen LogP contribution in [0.15, 0.2) is 103 Å². The number of nitrogens with zero attached hydrogens (tertiary/aromatic N) is 3. The summed E-state index contributed by atoms with van der Waals surface area (Å²) in [6, 6.07) is 39.9. The topological polar surface area (TPSA) is 30.7 Å². The Morgan fingerprint density at radius 2 is 1.00 bits per heavy atom. The van der Waals surface area contributed by atoms with E-state index in [1.165, 1.54) is 21.0 Å². The first-order valence-corrected chi connectivity index (χ1v) is 18.7. The number of fused-ring (bicyclic) bond motifs is 3. The predicted molar refractivity (Wildman–Crippen MR) is 160 cm³/mol. The van der Waals surface area contributed by atoms with Crippen LogP contribution in [0, 0.1) is 12.1 Å². The Kier molecular flexibility index (Phi) is 7.12. The van der Waals surface area contributed by atoms with Crippen molar-refractivity contribution in [2.24, 2.45) is 0 Å². The van der Waals surface area contributed by atoms with Gasteiger partial charge in [0, 0.05) is 28.7 Å². The molecule has 0 spiro atoms. The van der Waals surface area contributed by atoms with E-state index in [1.807, 2.05) is 24.5 Å². The number of benzene rings is 3. The SMILES string of the molecule is C[Si](C)(c1[c-]c2c3[c-]c([Si](C)(C)c4ccccn4)ccc3n(-c3ccccc3)c2cc1)c1ccccn1.[Pt+2]. The summed E-state index contributed by atoms with van der Waals surface area (Å²) in [4.78, 5) is 9.46. The second-order valence-electron chi connectivity index (χ2n) is 10.6. The Labute approximate surface area is 240 Å². The van der Waals surface area contributed by atoms with Gasteiger partial charge in [-0.1, -0.05) is 67.6 Å². The van der Waals surface area contributed by atoms with Gasteiger partial charge in [0.05, 0.1) is 0 Å². The molecule has 0 unspecified atom stereocenters. The summed E-state index contributed by atoms with van der Waals surface area (Å²) in [6.07, 6.45) is 3.79. The molecule has 0 aliphatic heterocycles. The molecule has 0 saturated heterocycles. The molecule has 38 heavy (non-hydrogen) atoms. The summed E-state index contributed by atoms with van der Waals surface area (Å²) >= 11 is 0. The van der Waals surface area contributed by atoms with Gasteiger partial charge in [-0.05, 0) is 36.4 Å². The maximum atomic E-state index is 4.73. The minimum absolute atomic E-state index is 0. The van der Waals surface area contributed by atoms with Gasteiger partial charge < -0.3 is 4.57 Å². The first-order valence-electron chi connectivity index (χ1n) is 12.7. The molecule has 0 aliphatic carbocycles. The molecule has 3 nitrogen and oxygen atoms in total. The number of hydrogen-bond acceptors (Lipinski definition) is 2. The summed E-state index contributed by atoms with van der Waals surface area (Å²) in [5, 5.41) is 7.11. The molecule has 0 bridgehead atoms. The molecule has 0 amide bonds. The minimum atomic E-state index is -2.02. The summed E-state index contributed by atoms with van der Waals surface area (Å²) in [6.45, 7) is 9.43. The van der Waals surface area contributed by atoms with Crippen LogP contribution in [-0.2, 0) is 21.1 Å². The van der Waals surface area contributed by atoms with Gasteiger partial charge in [0.1, 0.15) is 16.1 Å². The molecule has 0 N–H and O–H groups in total. The van der Waals surface area contributed by atoms with Gasteiger partial charge in [-0.3, -0.25) is 9.97 Å². The fraction of sp³-hybridized carbons (Fsp3) is 0.125. The van der Waals surface area contributed by atoms with Gasteiger partial charge in [0.15, 0.2) is 0 Å². The molecule has 190 valence electrons. The molecule has 6 aromatic rings. The Bertz CT molecular complexity index is 1610. The van der Waals surface area contributed by atoms with Crippen molar-refractivity contribution >= 4 is 59.0 Å². The zero-order valence-electron chi connectivity index (χ0n) is 22.0. The summed E-state index contributed by atoms with van der Waals surface area (Å²) in [5.41, 5.74) is 3.45. The molecular formula is C32H29N3PtSi2.